The molecule has 1 rings (SSSR count). The lowest BCUT2D eigenvalue weighted by atomic mass is 10.1. The summed E-state index contributed by atoms with van der Waals surface area (Å²) in [6.45, 7) is 4.72. The van der Waals surface area contributed by atoms with Gasteiger partial charge in [-0.05, 0) is 31.5 Å². The van der Waals surface area contributed by atoms with Gasteiger partial charge in [0.15, 0.2) is 0 Å². The van der Waals surface area contributed by atoms with Crippen LogP contribution >= 0.6 is 0 Å². The molecule has 0 spiro atoms. The minimum absolute atomic E-state index is 0.0413. The minimum atomic E-state index is -0.0413. The predicted octanol–water partition coefficient (Wildman–Crippen LogP) is 1.44. The van der Waals surface area contributed by atoms with Crippen LogP contribution in [0.2, 0.25) is 0 Å². The normalized spacial score (nSPS) is 9.53. The standard InChI is InChI=1S/C13H17N3O/c1-4-15-13(17)9-16(3)12-7-10(2)5-6-11(12)8-14/h5-7H,4,9H2,1-3H3,(H,15,17). The van der Waals surface area contributed by atoms with Gasteiger partial charge in [-0.3, -0.25) is 4.79 Å². The van der Waals surface area contributed by atoms with E-state index in [1.807, 2.05) is 33.0 Å². The van der Waals surface area contributed by atoms with E-state index in [1.54, 1.807) is 11.0 Å². The number of amides is 1. The predicted molar refractivity (Wildman–Crippen MR) is 67.8 cm³/mol. The van der Waals surface area contributed by atoms with Gasteiger partial charge in [0.25, 0.3) is 0 Å². The molecule has 0 heterocycles. The summed E-state index contributed by atoms with van der Waals surface area (Å²) < 4.78 is 0. The molecule has 0 fully saturated rings. The van der Waals surface area contributed by atoms with Crippen LogP contribution in [-0.2, 0) is 4.79 Å². The van der Waals surface area contributed by atoms with Crippen molar-refractivity contribution < 1.29 is 4.79 Å². The zero-order valence-corrected chi connectivity index (χ0v) is 10.4. The van der Waals surface area contributed by atoms with Crippen LogP contribution in [0.1, 0.15) is 18.1 Å². The van der Waals surface area contributed by atoms with Gasteiger partial charge in [-0.15, -0.1) is 0 Å². The lowest BCUT2D eigenvalue weighted by Crippen LogP contribution is -2.35. The molecule has 0 unspecified atom stereocenters. The molecule has 4 heteroatoms. The average Bonchev–Trinajstić information content (AvgIpc) is 2.29. The summed E-state index contributed by atoms with van der Waals surface area (Å²) in [5.74, 6) is -0.0413. The number of rotatable bonds is 4. The summed E-state index contributed by atoms with van der Waals surface area (Å²) in [6, 6.07) is 7.72. The zero-order valence-electron chi connectivity index (χ0n) is 10.4. The van der Waals surface area contributed by atoms with Gasteiger partial charge in [-0.1, -0.05) is 6.07 Å². The van der Waals surface area contributed by atoms with Crippen LogP contribution in [0.25, 0.3) is 0 Å². The van der Waals surface area contributed by atoms with Crippen molar-refractivity contribution in [3.05, 3.63) is 29.3 Å². The van der Waals surface area contributed by atoms with Gasteiger partial charge >= 0.3 is 0 Å². The summed E-state index contributed by atoms with van der Waals surface area (Å²) in [4.78, 5) is 13.3. The Morgan fingerprint density at radius 1 is 1.53 bits per heavy atom. The number of likely N-dealkylation sites (N-methyl/N-ethyl adjacent to an activating group) is 2. The maximum Gasteiger partial charge on any atom is 0.239 e. The molecule has 1 aromatic carbocycles. The molecule has 0 bridgehead atoms. The van der Waals surface area contributed by atoms with Crippen LogP contribution in [0.4, 0.5) is 5.69 Å². The highest BCUT2D eigenvalue weighted by Crippen LogP contribution is 2.20. The third kappa shape index (κ3) is 3.49. The number of hydrogen-bond acceptors (Lipinski definition) is 3. The van der Waals surface area contributed by atoms with Crippen molar-refractivity contribution in [1.29, 1.82) is 5.26 Å². The number of benzene rings is 1. The first-order valence-corrected chi connectivity index (χ1v) is 5.57. The number of nitrogens with one attached hydrogen (secondary N) is 1. The fraction of sp³-hybridized carbons (Fsp3) is 0.385. The topological polar surface area (TPSA) is 56.1 Å². The number of hydrogen-bond donors (Lipinski definition) is 1. The van der Waals surface area contributed by atoms with Gasteiger partial charge < -0.3 is 10.2 Å². The van der Waals surface area contributed by atoms with Crippen molar-refractivity contribution in [3.63, 3.8) is 0 Å². The highest BCUT2D eigenvalue weighted by atomic mass is 16.1. The van der Waals surface area contributed by atoms with Gasteiger partial charge in [-0.25, -0.2) is 0 Å². The van der Waals surface area contributed by atoms with Crippen LogP contribution < -0.4 is 10.2 Å². The SMILES string of the molecule is CCNC(=O)CN(C)c1cc(C)ccc1C#N. The zero-order chi connectivity index (χ0) is 12.8. The summed E-state index contributed by atoms with van der Waals surface area (Å²) in [5.41, 5.74) is 2.45. The molecule has 0 atom stereocenters. The van der Waals surface area contributed by atoms with Crippen LogP contribution in [0, 0.1) is 18.3 Å². The Morgan fingerprint density at radius 3 is 2.82 bits per heavy atom. The highest BCUT2D eigenvalue weighted by Gasteiger charge is 2.10. The largest absolute Gasteiger partial charge is 0.364 e. The van der Waals surface area contributed by atoms with Gasteiger partial charge in [-0.2, -0.15) is 5.26 Å². The molecule has 1 aromatic rings. The van der Waals surface area contributed by atoms with Crippen molar-refractivity contribution in [2.24, 2.45) is 0 Å². The second-order valence-corrected chi connectivity index (χ2v) is 3.94. The smallest absolute Gasteiger partial charge is 0.239 e. The second-order valence-electron chi connectivity index (χ2n) is 3.94. The monoisotopic (exact) mass is 231 g/mol. The molecule has 1 N–H and O–H groups in total. The van der Waals surface area contributed by atoms with E-state index in [0.29, 0.717) is 12.1 Å². The van der Waals surface area contributed by atoms with E-state index in [9.17, 15) is 4.79 Å². The van der Waals surface area contributed by atoms with Crippen molar-refractivity contribution in [3.8, 4) is 6.07 Å². The van der Waals surface area contributed by atoms with E-state index in [2.05, 4.69) is 11.4 Å². The molecule has 4 nitrogen and oxygen atoms in total. The summed E-state index contributed by atoms with van der Waals surface area (Å²) in [7, 11) is 1.81. The van der Waals surface area contributed by atoms with E-state index < -0.39 is 0 Å². The Kier molecular flexibility index (Phi) is 4.53. The van der Waals surface area contributed by atoms with Crippen molar-refractivity contribution in [1.82, 2.24) is 5.32 Å². The van der Waals surface area contributed by atoms with Crippen molar-refractivity contribution in [2.45, 2.75) is 13.8 Å². The Morgan fingerprint density at radius 2 is 2.24 bits per heavy atom. The molecule has 0 aromatic heterocycles. The van der Waals surface area contributed by atoms with Gasteiger partial charge in [0.05, 0.1) is 17.8 Å². The number of aryl methyl sites for hydroxylation is 1. The van der Waals surface area contributed by atoms with E-state index in [0.717, 1.165) is 11.3 Å². The van der Waals surface area contributed by atoms with Gasteiger partial charge in [0, 0.05) is 13.6 Å². The molecule has 1 amide bonds. The summed E-state index contributed by atoms with van der Waals surface area (Å²) >= 11 is 0. The van der Waals surface area contributed by atoms with Crippen LogP contribution in [0.5, 0.6) is 0 Å². The molecular formula is C13H17N3O. The number of anilines is 1. The number of nitrogens with zero attached hydrogens (tertiary/aromatic N) is 2. The maximum atomic E-state index is 11.5. The van der Waals surface area contributed by atoms with Crippen LogP contribution in [0.3, 0.4) is 0 Å². The second kappa shape index (κ2) is 5.90. The average molecular weight is 231 g/mol. The van der Waals surface area contributed by atoms with Crippen molar-refractivity contribution >= 4 is 11.6 Å². The van der Waals surface area contributed by atoms with Gasteiger partial charge in [0.2, 0.25) is 5.91 Å². The molecule has 17 heavy (non-hydrogen) atoms. The fourth-order valence-corrected chi connectivity index (χ4v) is 1.61. The molecule has 0 radical (unpaired) electrons. The van der Waals surface area contributed by atoms with Crippen molar-refractivity contribution in [2.75, 3.05) is 25.0 Å². The minimum Gasteiger partial charge on any atom is -0.364 e. The first kappa shape index (κ1) is 13.0. The van der Waals surface area contributed by atoms with E-state index in [1.165, 1.54) is 0 Å². The van der Waals surface area contributed by atoms with E-state index >= 15 is 0 Å². The maximum absolute atomic E-state index is 11.5. The number of carbonyl (C=O) groups excluding carboxylic acids is 1. The van der Waals surface area contributed by atoms with Crippen LogP contribution in [-0.4, -0.2) is 26.0 Å². The molecule has 0 aliphatic rings. The third-order valence-corrected chi connectivity index (χ3v) is 2.44. The lowest BCUT2D eigenvalue weighted by Gasteiger charge is -2.20. The van der Waals surface area contributed by atoms with Crippen LogP contribution in [0.15, 0.2) is 18.2 Å². The molecule has 0 saturated carbocycles. The Labute approximate surface area is 102 Å². The highest BCUT2D eigenvalue weighted by molar-refractivity contribution is 5.81. The Balaban J connectivity index is 2.88. The lowest BCUT2D eigenvalue weighted by molar-refractivity contribution is -0.119. The first-order chi connectivity index (χ1) is 8.08. The fourth-order valence-electron chi connectivity index (χ4n) is 1.61. The molecule has 90 valence electrons. The molecular weight excluding hydrogens is 214 g/mol. The first-order valence-electron chi connectivity index (χ1n) is 5.57. The van der Waals surface area contributed by atoms with E-state index in [-0.39, 0.29) is 12.5 Å². The summed E-state index contributed by atoms with van der Waals surface area (Å²) in [6.07, 6.45) is 0. The number of nitriles is 1. The molecule has 0 aliphatic carbocycles. The molecule has 0 saturated heterocycles. The summed E-state index contributed by atoms with van der Waals surface area (Å²) in [5, 5.41) is 11.8. The van der Waals surface area contributed by atoms with E-state index in [4.69, 9.17) is 5.26 Å². The Hall–Kier alpha value is -2.02. The molecule has 0 aliphatic heterocycles. The van der Waals surface area contributed by atoms with Gasteiger partial charge in [0.1, 0.15) is 6.07 Å². The quantitative estimate of drug-likeness (QED) is 0.853. The number of carbonyl (C=O) groups is 1. The Bertz CT molecular complexity index is 448. The third-order valence-electron chi connectivity index (χ3n) is 2.44.